The highest BCUT2D eigenvalue weighted by molar-refractivity contribution is 5.01. The van der Waals surface area contributed by atoms with Gasteiger partial charge in [-0.15, -0.1) is 0 Å². The molecular formula is C8H18N2O. The summed E-state index contributed by atoms with van der Waals surface area (Å²) in [4.78, 5) is 2.22. The van der Waals surface area contributed by atoms with Gasteiger partial charge in [-0.2, -0.15) is 5.06 Å². The topological polar surface area (TPSA) is 26.7 Å². The van der Waals surface area contributed by atoms with E-state index in [0.29, 0.717) is 5.92 Å². The van der Waals surface area contributed by atoms with Gasteiger partial charge in [0.15, 0.2) is 0 Å². The van der Waals surface area contributed by atoms with E-state index >= 15 is 0 Å². The second-order valence-electron chi connectivity index (χ2n) is 3.95. The quantitative estimate of drug-likeness (QED) is 0.598. The normalized spacial score (nSPS) is 24.3. The Balaban J connectivity index is 2.61. The lowest BCUT2D eigenvalue weighted by atomic mass is 9.79. The van der Waals surface area contributed by atoms with Crippen molar-refractivity contribution in [2.75, 3.05) is 27.2 Å². The van der Waals surface area contributed by atoms with E-state index in [-0.39, 0.29) is 5.54 Å². The van der Waals surface area contributed by atoms with Gasteiger partial charge in [-0.05, 0) is 13.0 Å². The molecule has 0 aromatic rings. The minimum absolute atomic E-state index is 0.00868. The van der Waals surface area contributed by atoms with Crippen molar-refractivity contribution >= 4 is 0 Å². The highest BCUT2D eigenvalue weighted by Crippen LogP contribution is 2.31. The lowest BCUT2D eigenvalue weighted by molar-refractivity contribution is -0.216. The zero-order valence-electron chi connectivity index (χ0n) is 7.83. The van der Waals surface area contributed by atoms with Crippen molar-refractivity contribution in [2.45, 2.75) is 19.4 Å². The molecular weight excluding hydrogens is 140 g/mol. The van der Waals surface area contributed by atoms with Gasteiger partial charge in [0.25, 0.3) is 0 Å². The monoisotopic (exact) mass is 158 g/mol. The lowest BCUT2D eigenvalue weighted by Crippen LogP contribution is -2.70. The molecule has 0 saturated carbocycles. The zero-order chi connectivity index (χ0) is 8.65. The van der Waals surface area contributed by atoms with E-state index in [1.807, 2.05) is 0 Å². The summed E-state index contributed by atoms with van der Waals surface area (Å²) in [5, 5.41) is 10.8. The Morgan fingerprint density at radius 2 is 1.91 bits per heavy atom. The van der Waals surface area contributed by atoms with Crippen LogP contribution in [0, 0.1) is 5.92 Å². The van der Waals surface area contributed by atoms with Crippen LogP contribution in [0.4, 0.5) is 0 Å². The van der Waals surface area contributed by atoms with E-state index in [2.05, 4.69) is 25.8 Å². The van der Waals surface area contributed by atoms with Gasteiger partial charge in [0.05, 0.1) is 5.54 Å². The van der Waals surface area contributed by atoms with Gasteiger partial charge in [0.1, 0.15) is 0 Å². The number of hydrogen-bond acceptors (Lipinski definition) is 3. The molecule has 11 heavy (non-hydrogen) atoms. The molecule has 0 amide bonds. The molecule has 1 saturated heterocycles. The van der Waals surface area contributed by atoms with Crippen molar-refractivity contribution in [3.8, 4) is 0 Å². The van der Waals surface area contributed by atoms with Gasteiger partial charge < -0.3 is 10.1 Å². The van der Waals surface area contributed by atoms with Crippen LogP contribution in [0.5, 0.6) is 0 Å². The second-order valence-corrected chi connectivity index (χ2v) is 3.95. The summed E-state index contributed by atoms with van der Waals surface area (Å²) in [6.45, 7) is 6.24. The van der Waals surface area contributed by atoms with Gasteiger partial charge >= 0.3 is 0 Å². The Bertz CT molecular complexity index is 129. The molecule has 0 spiro atoms. The van der Waals surface area contributed by atoms with Crippen LogP contribution < -0.4 is 0 Å². The molecule has 0 unspecified atom stereocenters. The Labute approximate surface area is 68.6 Å². The van der Waals surface area contributed by atoms with Gasteiger partial charge in [-0.25, -0.2) is 0 Å². The first kappa shape index (κ1) is 8.97. The maximum absolute atomic E-state index is 9.42. The SMILES string of the molecule is CC(C)C1(N(C)O)CN(C)C1. The number of hydrogen-bond donors (Lipinski definition) is 1. The van der Waals surface area contributed by atoms with Gasteiger partial charge in [-0.1, -0.05) is 13.8 Å². The van der Waals surface area contributed by atoms with Crippen molar-refractivity contribution in [1.82, 2.24) is 9.96 Å². The average Bonchev–Trinajstić information content (AvgIpc) is 1.78. The number of rotatable bonds is 2. The van der Waals surface area contributed by atoms with Crippen molar-refractivity contribution in [2.24, 2.45) is 5.92 Å². The predicted octanol–water partition coefficient (Wildman–Crippen LogP) is 0.648. The lowest BCUT2D eigenvalue weighted by Gasteiger charge is -2.54. The van der Waals surface area contributed by atoms with Crippen LogP contribution in [0.1, 0.15) is 13.8 Å². The van der Waals surface area contributed by atoms with Gasteiger partial charge in [0, 0.05) is 20.1 Å². The van der Waals surface area contributed by atoms with E-state index < -0.39 is 0 Å². The minimum Gasteiger partial charge on any atom is -0.314 e. The molecule has 3 nitrogen and oxygen atoms in total. The smallest absolute Gasteiger partial charge is 0.0732 e. The first-order valence-corrected chi connectivity index (χ1v) is 4.10. The molecule has 0 aromatic carbocycles. The number of hydroxylamine groups is 2. The largest absolute Gasteiger partial charge is 0.314 e. The molecule has 1 fully saturated rings. The van der Waals surface area contributed by atoms with Crippen LogP contribution in [0.15, 0.2) is 0 Å². The molecule has 0 aliphatic carbocycles. The molecule has 3 heteroatoms. The van der Waals surface area contributed by atoms with E-state index in [9.17, 15) is 5.21 Å². The third-order valence-corrected chi connectivity index (χ3v) is 2.81. The fourth-order valence-electron chi connectivity index (χ4n) is 1.83. The van der Waals surface area contributed by atoms with Crippen molar-refractivity contribution in [3.63, 3.8) is 0 Å². The Morgan fingerprint density at radius 1 is 1.45 bits per heavy atom. The summed E-state index contributed by atoms with van der Waals surface area (Å²) in [5.74, 6) is 0.508. The molecule has 1 N–H and O–H groups in total. The highest BCUT2D eigenvalue weighted by atomic mass is 16.5. The zero-order valence-corrected chi connectivity index (χ0v) is 7.83. The second kappa shape index (κ2) is 2.73. The summed E-state index contributed by atoms with van der Waals surface area (Å²) >= 11 is 0. The predicted molar refractivity (Wildman–Crippen MR) is 44.6 cm³/mol. The first-order chi connectivity index (χ1) is 4.99. The average molecular weight is 158 g/mol. The molecule has 1 aliphatic heterocycles. The Kier molecular flexibility index (Phi) is 2.23. The standard InChI is InChI=1S/C8H18N2O/c1-7(2)8(10(4)11)5-9(3)6-8/h7,11H,5-6H2,1-4H3. The van der Waals surface area contributed by atoms with E-state index in [1.165, 1.54) is 5.06 Å². The highest BCUT2D eigenvalue weighted by Gasteiger charge is 2.46. The van der Waals surface area contributed by atoms with Crippen molar-refractivity contribution in [1.29, 1.82) is 0 Å². The van der Waals surface area contributed by atoms with Crippen LogP contribution in [0.25, 0.3) is 0 Å². The Morgan fingerprint density at radius 3 is 2.00 bits per heavy atom. The molecule has 1 rings (SSSR count). The van der Waals surface area contributed by atoms with Crippen LogP contribution in [-0.2, 0) is 0 Å². The third kappa shape index (κ3) is 1.28. The fraction of sp³-hybridized carbons (Fsp3) is 1.00. The molecule has 0 aromatic heterocycles. The van der Waals surface area contributed by atoms with E-state index in [4.69, 9.17) is 0 Å². The van der Waals surface area contributed by atoms with Crippen molar-refractivity contribution in [3.05, 3.63) is 0 Å². The molecule has 66 valence electrons. The maximum atomic E-state index is 9.42. The summed E-state index contributed by atoms with van der Waals surface area (Å²) in [6, 6.07) is 0. The van der Waals surface area contributed by atoms with E-state index in [0.717, 1.165) is 13.1 Å². The van der Waals surface area contributed by atoms with Crippen LogP contribution in [0.3, 0.4) is 0 Å². The number of likely N-dealkylation sites (N-methyl/N-ethyl adjacent to an activating group) is 2. The summed E-state index contributed by atoms with van der Waals surface area (Å²) in [5.41, 5.74) is 0.00868. The Hall–Kier alpha value is -0.120. The summed E-state index contributed by atoms with van der Waals surface area (Å²) < 4.78 is 0. The van der Waals surface area contributed by atoms with Crippen molar-refractivity contribution < 1.29 is 5.21 Å². The molecule has 0 atom stereocenters. The first-order valence-electron chi connectivity index (χ1n) is 4.10. The van der Waals surface area contributed by atoms with Crippen LogP contribution in [-0.4, -0.2) is 47.9 Å². The minimum atomic E-state index is 0.00868. The molecule has 1 aliphatic rings. The fourth-order valence-corrected chi connectivity index (χ4v) is 1.83. The van der Waals surface area contributed by atoms with Crippen LogP contribution >= 0.6 is 0 Å². The van der Waals surface area contributed by atoms with Crippen LogP contribution in [0.2, 0.25) is 0 Å². The number of nitrogens with zero attached hydrogens (tertiary/aromatic N) is 2. The molecule has 0 radical (unpaired) electrons. The molecule has 1 heterocycles. The van der Waals surface area contributed by atoms with Gasteiger partial charge in [-0.3, -0.25) is 0 Å². The van der Waals surface area contributed by atoms with Gasteiger partial charge in [0.2, 0.25) is 0 Å². The third-order valence-electron chi connectivity index (χ3n) is 2.81. The number of likely N-dealkylation sites (tertiary alicyclic amines) is 1. The van der Waals surface area contributed by atoms with E-state index in [1.54, 1.807) is 7.05 Å². The summed E-state index contributed by atoms with van der Waals surface area (Å²) in [6.07, 6.45) is 0. The maximum Gasteiger partial charge on any atom is 0.0732 e. The molecule has 0 bridgehead atoms. The summed E-state index contributed by atoms with van der Waals surface area (Å²) in [7, 11) is 3.82.